The number of carbonyl (C=O) groups excluding carboxylic acids is 1. The van der Waals surface area contributed by atoms with Crippen molar-refractivity contribution < 1.29 is 13.2 Å². The number of amides is 1. The molecule has 1 aliphatic heterocycles. The van der Waals surface area contributed by atoms with Gasteiger partial charge in [-0.25, -0.2) is 8.42 Å². The summed E-state index contributed by atoms with van der Waals surface area (Å²) in [5.41, 5.74) is 2.50. The van der Waals surface area contributed by atoms with Crippen molar-refractivity contribution in [2.45, 2.75) is 62.4 Å². The van der Waals surface area contributed by atoms with Crippen molar-refractivity contribution in [2.24, 2.45) is 11.8 Å². The molecule has 0 radical (unpaired) electrons. The highest BCUT2D eigenvalue weighted by Gasteiger charge is 2.36. The number of sulfonamides is 1. The second kappa shape index (κ2) is 10.00. The molecule has 2 aromatic rings. The number of nitrogens with one attached hydrogen (secondary N) is 1. The molecule has 8 heteroatoms. The van der Waals surface area contributed by atoms with Crippen LogP contribution in [0.25, 0.3) is 6.08 Å². The van der Waals surface area contributed by atoms with Crippen LogP contribution in [0.2, 0.25) is 0 Å². The second-order valence-electron chi connectivity index (χ2n) is 10.0. The Bertz CT molecular complexity index is 1270. The molecule has 35 heavy (non-hydrogen) atoms. The van der Waals surface area contributed by atoms with E-state index < -0.39 is 16.1 Å². The summed E-state index contributed by atoms with van der Waals surface area (Å²) >= 11 is 0. The number of fused-ring (bicyclic) bond motifs is 2. The van der Waals surface area contributed by atoms with Gasteiger partial charge in [0.15, 0.2) is 0 Å². The van der Waals surface area contributed by atoms with Crippen LogP contribution in [0.3, 0.4) is 0 Å². The van der Waals surface area contributed by atoms with E-state index in [2.05, 4.69) is 10.8 Å². The zero-order valence-electron chi connectivity index (χ0n) is 19.9. The van der Waals surface area contributed by atoms with E-state index in [0.717, 1.165) is 24.0 Å². The third-order valence-electron chi connectivity index (χ3n) is 7.86. The minimum absolute atomic E-state index is 0.161. The minimum atomic E-state index is -3.89. The highest BCUT2D eigenvalue weighted by atomic mass is 32.2. The number of benzene rings is 1. The van der Waals surface area contributed by atoms with Gasteiger partial charge in [-0.1, -0.05) is 37.5 Å². The molecular weight excluding hydrogens is 460 g/mol. The van der Waals surface area contributed by atoms with E-state index in [0.29, 0.717) is 43.6 Å². The summed E-state index contributed by atoms with van der Waals surface area (Å²) in [5, 5.41) is 9.34. The van der Waals surface area contributed by atoms with Crippen LogP contribution in [0.4, 0.5) is 0 Å². The van der Waals surface area contributed by atoms with E-state index in [-0.39, 0.29) is 17.2 Å². The fraction of sp³-hybridized carbons (Fsp3) is 0.481. The summed E-state index contributed by atoms with van der Waals surface area (Å²) in [6.45, 7) is 1.76. The van der Waals surface area contributed by atoms with Gasteiger partial charge in [-0.3, -0.25) is 4.79 Å². The lowest BCUT2D eigenvalue weighted by molar-refractivity contribution is -0.136. The van der Waals surface area contributed by atoms with Crippen molar-refractivity contribution in [1.29, 1.82) is 5.26 Å². The lowest BCUT2D eigenvalue weighted by Gasteiger charge is -2.42. The summed E-state index contributed by atoms with van der Waals surface area (Å²) in [6, 6.07) is 9.88. The molecule has 1 aromatic carbocycles. The first-order valence-corrected chi connectivity index (χ1v) is 14.1. The summed E-state index contributed by atoms with van der Waals surface area (Å²) in [7, 11) is -3.89. The molecule has 1 unspecified atom stereocenters. The Kier molecular flexibility index (Phi) is 6.81. The first-order chi connectivity index (χ1) is 16.9. The number of aromatic nitrogens is 1. The Hall–Kier alpha value is -2.89. The van der Waals surface area contributed by atoms with Gasteiger partial charge in [0.25, 0.3) is 0 Å². The van der Waals surface area contributed by atoms with Crippen LogP contribution in [0, 0.1) is 23.2 Å². The van der Waals surface area contributed by atoms with E-state index in [9.17, 15) is 18.5 Å². The molecule has 1 aromatic heterocycles. The summed E-state index contributed by atoms with van der Waals surface area (Å²) in [4.78, 5) is 15.7. The SMILES string of the molecule is N#Cc1cccn1CCC(NS(=O)(=O)c1ccc2c(c1)CC=C2)C(=O)N1CC[C@@H]2CCCC[C@@H]2C1. The highest BCUT2D eigenvalue weighted by Crippen LogP contribution is 2.36. The number of carbonyl (C=O) groups is 1. The van der Waals surface area contributed by atoms with Gasteiger partial charge in [0.2, 0.25) is 15.9 Å². The molecule has 2 aliphatic carbocycles. The van der Waals surface area contributed by atoms with Crippen molar-refractivity contribution in [1.82, 2.24) is 14.2 Å². The smallest absolute Gasteiger partial charge is 0.241 e. The molecule has 2 heterocycles. The third kappa shape index (κ3) is 5.07. The topological polar surface area (TPSA) is 95.2 Å². The maximum atomic E-state index is 13.7. The average molecular weight is 493 g/mol. The van der Waals surface area contributed by atoms with Gasteiger partial charge in [0.05, 0.1) is 4.90 Å². The normalized spacial score (nSPS) is 22.3. The monoisotopic (exact) mass is 492 g/mol. The summed E-state index contributed by atoms with van der Waals surface area (Å²) in [5.74, 6) is 1.03. The number of aryl methyl sites for hydroxylation is 1. The summed E-state index contributed by atoms with van der Waals surface area (Å²) < 4.78 is 31.3. The number of hydrogen-bond acceptors (Lipinski definition) is 4. The second-order valence-corrected chi connectivity index (χ2v) is 11.7. The number of likely N-dealkylation sites (tertiary alicyclic amines) is 1. The van der Waals surface area contributed by atoms with E-state index in [1.165, 1.54) is 19.3 Å². The molecule has 5 rings (SSSR count). The Morgan fingerprint density at radius 1 is 1.17 bits per heavy atom. The molecule has 1 N–H and O–H groups in total. The molecule has 1 amide bonds. The zero-order valence-corrected chi connectivity index (χ0v) is 20.7. The maximum absolute atomic E-state index is 13.7. The summed E-state index contributed by atoms with van der Waals surface area (Å²) in [6.07, 6.45) is 12.6. The fourth-order valence-electron chi connectivity index (χ4n) is 5.89. The molecule has 184 valence electrons. The minimum Gasteiger partial charge on any atom is -0.341 e. The van der Waals surface area contributed by atoms with Crippen molar-refractivity contribution in [3.8, 4) is 6.07 Å². The quantitative estimate of drug-likeness (QED) is 0.638. The highest BCUT2D eigenvalue weighted by molar-refractivity contribution is 7.89. The molecule has 1 saturated carbocycles. The van der Waals surface area contributed by atoms with Crippen LogP contribution in [0.5, 0.6) is 0 Å². The van der Waals surface area contributed by atoms with Crippen molar-refractivity contribution in [2.75, 3.05) is 13.1 Å². The van der Waals surface area contributed by atoms with Crippen LogP contribution >= 0.6 is 0 Å². The van der Waals surface area contributed by atoms with Gasteiger partial charge < -0.3 is 9.47 Å². The number of rotatable bonds is 7. The first kappa shape index (κ1) is 23.8. The van der Waals surface area contributed by atoms with Gasteiger partial charge in [0.1, 0.15) is 17.8 Å². The Balaban J connectivity index is 1.36. The average Bonchev–Trinajstić information content (AvgIpc) is 3.54. The van der Waals surface area contributed by atoms with Crippen LogP contribution in [-0.2, 0) is 27.8 Å². The van der Waals surface area contributed by atoms with Gasteiger partial charge in [-0.2, -0.15) is 9.98 Å². The Morgan fingerprint density at radius 3 is 2.83 bits per heavy atom. The van der Waals surface area contributed by atoms with E-state index in [1.54, 1.807) is 35.0 Å². The molecular formula is C27H32N4O3S. The predicted molar refractivity (Wildman–Crippen MR) is 134 cm³/mol. The molecule has 3 aliphatic rings. The molecule has 3 atom stereocenters. The lowest BCUT2D eigenvalue weighted by Crippen LogP contribution is -2.53. The van der Waals surface area contributed by atoms with Crippen molar-refractivity contribution in [3.63, 3.8) is 0 Å². The lowest BCUT2D eigenvalue weighted by atomic mass is 9.75. The number of allylic oxidation sites excluding steroid dienone is 1. The zero-order chi connectivity index (χ0) is 24.4. The number of piperidine rings is 1. The molecule has 0 spiro atoms. The standard InChI is InChI=1S/C27H32N4O3S/c28-18-24-9-4-14-30(24)16-13-26(27(32)31-15-12-21-5-1-2-6-23(21)19-31)29-35(33,34)25-11-10-20-7-3-8-22(20)17-25/h3-4,7,9-11,14,17,21,23,26,29H,1-2,5-6,8,12-13,15-16,19H2/t21-,23+,26?/m0/s1. The van der Waals surface area contributed by atoms with Crippen LogP contribution in [-0.4, -0.2) is 42.9 Å². The third-order valence-corrected chi connectivity index (χ3v) is 9.33. The Morgan fingerprint density at radius 2 is 2.00 bits per heavy atom. The molecule has 1 saturated heterocycles. The van der Waals surface area contributed by atoms with Gasteiger partial charge in [0, 0.05) is 25.8 Å². The van der Waals surface area contributed by atoms with Crippen molar-refractivity contribution >= 4 is 22.0 Å². The van der Waals surface area contributed by atoms with Crippen LogP contribution < -0.4 is 4.72 Å². The van der Waals surface area contributed by atoms with Gasteiger partial charge in [-0.15, -0.1) is 0 Å². The first-order valence-electron chi connectivity index (χ1n) is 12.6. The van der Waals surface area contributed by atoms with Gasteiger partial charge >= 0.3 is 0 Å². The van der Waals surface area contributed by atoms with E-state index >= 15 is 0 Å². The number of nitriles is 1. The Labute approximate surface area is 207 Å². The van der Waals surface area contributed by atoms with E-state index in [4.69, 9.17) is 0 Å². The maximum Gasteiger partial charge on any atom is 0.241 e. The number of nitrogens with zero attached hydrogens (tertiary/aromatic N) is 3. The van der Waals surface area contributed by atoms with Crippen LogP contribution in [0.1, 0.15) is 55.3 Å². The fourth-order valence-corrected chi connectivity index (χ4v) is 7.16. The van der Waals surface area contributed by atoms with E-state index in [1.807, 2.05) is 23.1 Å². The van der Waals surface area contributed by atoms with Gasteiger partial charge in [-0.05, 0) is 72.9 Å². The molecule has 2 fully saturated rings. The molecule has 7 nitrogen and oxygen atoms in total. The largest absolute Gasteiger partial charge is 0.341 e. The predicted octanol–water partition coefficient (Wildman–Crippen LogP) is 3.70. The molecule has 0 bridgehead atoms. The van der Waals surface area contributed by atoms with Crippen molar-refractivity contribution in [3.05, 3.63) is 59.4 Å². The van der Waals surface area contributed by atoms with Crippen LogP contribution in [0.15, 0.2) is 47.5 Å². The number of hydrogen-bond donors (Lipinski definition) is 1.